The SMILES string of the molecule is CCOC(=O)CN(C(=O)CN(C)S(=O)(=O)c1cccnc1)C(C)C. The topological polar surface area (TPSA) is 96.9 Å². The van der Waals surface area contributed by atoms with Crippen LogP contribution in [0.1, 0.15) is 20.8 Å². The second-order valence-corrected chi connectivity index (χ2v) is 7.42. The number of aromatic nitrogens is 1. The van der Waals surface area contributed by atoms with Crippen LogP contribution in [0.3, 0.4) is 0 Å². The van der Waals surface area contributed by atoms with Gasteiger partial charge in [-0.25, -0.2) is 8.42 Å². The number of pyridine rings is 1. The molecule has 1 aromatic rings. The predicted molar refractivity (Wildman–Crippen MR) is 87.5 cm³/mol. The van der Waals surface area contributed by atoms with Crippen molar-refractivity contribution in [1.29, 1.82) is 0 Å². The lowest BCUT2D eigenvalue weighted by Gasteiger charge is -2.27. The molecule has 0 saturated carbocycles. The van der Waals surface area contributed by atoms with Crippen molar-refractivity contribution >= 4 is 21.9 Å². The summed E-state index contributed by atoms with van der Waals surface area (Å²) in [6.07, 6.45) is 2.68. The van der Waals surface area contributed by atoms with Crippen molar-refractivity contribution in [2.75, 3.05) is 26.7 Å². The Kier molecular flexibility index (Phi) is 7.30. The lowest BCUT2D eigenvalue weighted by Crippen LogP contribution is -2.46. The van der Waals surface area contributed by atoms with Gasteiger partial charge in [-0.2, -0.15) is 4.31 Å². The van der Waals surface area contributed by atoms with Crippen molar-refractivity contribution in [3.05, 3.63) is 24.5 Å². The minimum atomic E-state index is -3.82. The Hall–Kier alpha value is -2.00. The van der Waals surface area contributed by atoms with Gasteiger partial charge in [0, 0.05) is 25.5 Å². The lowest BCUT2D eigenvalue weighted by molar-refractivity contribution is -0.150. The van der Waals surface area contributed by atoms with E-state index < -0.39 is 21.9 Å². The van der Waals surface area contributed by atoms with Gasteiger partial charge in [0.2, 0.25) is 15.9 Å². The smallest absolute Gasteiger partial charge is 0.325 e. The van der Waals surface area contributed by atoms with Crippen LogP contribution in [0.25, 0.3) is 0 Å². The molecular weight excluding hydrogens is 334 g/mol. The third kappa shape index (κ3) is 5.27. The molecule has 24 heavy (non-hydrogen) atoms. The molecule has 9 heteroatoms. The maximum atomic E-state index is 12.4. The summed E-state index contributed by atoms with van der Waals surface area (Å²) in [6.45, 7) is 4.78. The highest BCUT2D eigenvalue weighted by Gasteiger charge is 2.27. The highest BCUT2D eigenvalue weighted by atomic mass is 32.2. The number of nitrogens with zero attached hydrogens (tertiary/aromatic N) is 3. The molecule has 0 atom stereocenters. The van der Waals surface area contributed by atoms with Gasteiger partial charge < -0.3 is 9.64 Å². The second-order valence-electron chi connectivity index (χ2n) is 5.37. The van der Waals surface area contributed by atoms with Crippen LogP contribution < -0.4 is 0 Å². The van der Waals surface area contributed by atoms with Gasteiger partial charge in [0.25, 0.3) is 0 Å². The highest BCUT2D eigenvalue weighted by molar-refractivity contribution is 7.89. The summed E-state index contributed by atoms with van der Waals surface area (Å²) >= 11 is 0. The van der Waals surface area contributed by atoms with Gasteiger partial charge in [0.1, 0.15) is 11.4 Å². The van der Waals surface area contributed by atoms with Gasteiger partial charge in [-0.15, -0.1) is 0 Å². The molecular formula is C15H23N3O5S. The van der Waals surface area contributed by atoms with E-state index in [9.17, 15) is 18.0 Å². The Morgan fingerprint density at radius 2 is 1.96 bits per heavy atom. The van der Waals surface area contributed by atoms with Crippen molar-refractivity contribution in [3.63, 3.8) is 0 Å². The molecule has 1 rings (SSSR count). The van der Waals surface area contributed by atoms with Crippen LogP contribution in [0, 0.1) is 0 Å². The van der Waals surface area contributed by atoms with E-state index in [0.29, 0.717) is 0 Å². The zero-order valence-corrected chi connectivity index (χ0v) is 15.1. The molecule has 1 heterocycles. The van der Waals surface area contributed by atoms with Crippen molar-refractivity contribution in [1.82, 2.24) is 14.2 Å². The minimum Gasteiger partial charge on any atom is -0.465 e. The summed E-state index contributed by atoms with van der Waals surface area (Å²) in [6, 6.07) is 2.64. The molecule has 0 aliphatic heterocycles. The third-order valence-electron chi connectivity index (χ3n) is 3.25. The summed E-state index contributed by atoms with van der Waals surface area (Å²) in [5, 5.41) is 0. The Balaban J connectivity index is 2.85. The number of carbonyl (C=O) groups excluding carboxylic acids is 2. The van der Waals surface area contributed by atoms with Gasteiger partial charge in [-0.05, 0) is 32.9 Å². The fourth-order valence-corrected chi connectivity index (χ4v) is 3.04. The molecule has 0 N–H and O–H groups in total. The van der Waals surface area contributed by atoms with Crippen molar-refractivity contribution in [3.8, 4) is 0 Å². The van der Waals surface area contributed by atoms with E-state index in [2.05, 4.69) is 4.98 Å². The number of hydrogen-bond donors (Lipinski definition) is 0. The number of rotatable bonds is 8. The zero-order chi connectivity index (χ0) is 18.3. The van der Waals surface area contributed by atoms with E-state index in [1.165, 1.54) is 36.5 Å². The molecule has 0 radical (unpaired) electrons. The van der Waals surface area contributed by atoms with Crippen molar-refractivity contribution in [2.45, 2.75) is 31.7 Å². The molecule has 8 nitrogen and oxygen atoms in total. The molecule has 0 aromatic carbocycles. The quantitative estimate of drug-likeness (QED) is 0.629. The van der Waals surface area contributed by atoms with Gasteiger partial charge in [0.05, 0.1) is 13.2 Å². The Morgan fingerprint density at radius 1 is 1.29 bits per heavy atom. The number of hydrogen-bond acceptors (Lipinski definition) is 6. The second kappa shape index (κ2) is 8.74. The van der Waals surface area contributed by atoms with Crippen LogP contribution >= 0.6 is 0 Å². The van der Waals surface area contributed by atoms with Crippen LogP contribution in [0.15, 0.2) is 29.4 Å². The van der Waals surface area contributed by atoms with Gasteiger partial charge in [-0.1, -0.05) is 0 Å². The molecule has 0 saturated heterocycles. The van der Waals surface area contributed by atoms with Crippen LogP contribution in [-0.4, -0.2) is 67.3 Å². The Bertz CT molecular complexity index is 661. The van der Waals surface area contributed by atoms with E-state index in [0.717, 1.165) is 4.31 Å². The highest BCUT2D eigenvalue weighted by Crippen LogP contribution is 2.13. The number of ether oxygens (including phenoxy) is 1. The molecule has 1 amide bonds. The van der Waals surface area contributed by atoms with E-state index in [1.807, 2.05) is 0 Å². The normalized spacial score (nSPS) is 11.6. The summed E-state index contributed by atoms with van der Waals surface area (Å²) in [4.78, 5) is 29.1. The summed E-state index contributed by atoms with van der Waals surface area (Å²) < 4.78 is 30.6. The average Bonchev–Trinajstić information content (AvgIpc) is 2.53. The molecule has 1 aromatic heterocycles. The largest absolute Gasteiger partial charge is 0.465 e. The predicted octanol–water partition coefficient (Wildman–Crippen LogP) is 0.502. The number of amides is 1. The number of sulfonamides is 1. The van der Waals surface area contributed by atoms with E-state index in [1.54, 1.807) is 20.8 Å². The van der Waals surface area contributed by atoms with Crippen LogP contribution in [0.5, 0.6) is 0 Å². The Labute approximate surface area is 142 Å². The average molecular weight is 357 g/mol. The molecule has 0 spiro atoms. The molecule has 0 bridgehead atoms. The molecule has 134 valence electrons. The van der Waals surface area contributed by atoms with Crippen LogP contribution in [-0.2, 0) is 24.3 Å². The monoisotopic (exact) mass is 357 g/mol. The first-order chi connectivity index (χ1) is 11.2. The fraction of sp³-hybridized carbons (Fsp3) is 0.533. The molecule has 0 fully saturated rings. The maximum absolute atomic E-state index is 12.4. The van der Waals surface area contributed by atoms with E-state index >= 15 is 0 Å². The standard InChI is InChI=1S/C15H23N3O5S/c1-5-23-15(20)11-18(12(2)3)14(19)10-17(4)24(21,22)13-7-6-8-16-9-13/h6-9,12H,5,10-11H2,1-4H3. The summed E-state index contributed by atoms with van der Waals surface area (Å²) in [7, 11) is -2.52. The molecule has 0 aliphatic rings. The number of likely N-dealkylation sites (N-methyl/N-ethyl adjacent to an activating group) is 1. The van der Waals surface area contributed by atoms with Crippen LogP contribution in [0.2, 0.25) is 0 Å². The fourth-order valence-electron chi connectivity index (χ4n) is 1.95. The lowest BCUT2D eigenvalue weighted by atomic mass is 10.3. The molecule has 0 aliphatic carbocycles. The maximum Gasteiger partial charge on any atom is 0.325 e. The first-order valence-corrected chi connectivity index (χ1v) is 8.95. The van der Waals surface area contributed by atoms with E-state index in [4.69, 9.17) is 4.74 Å². The third-order valence-corrected chi connectivity index (χ3v) is 5.04. The van der Waals surface area contributed by atoms with Gasteiger partial charge in [0.15, 0.2) is 0 Å². The van der Waals surface area contributed by atoms with Gasteiger partial charge in [-0.3, -0.25) is 14.6 Å². The minimum absolute atomic E-state index is 0.00166. The van der Waals surface area contributed by atoms with Crippen molar-refractivity contribution in [2.24, 2.45) is 0 Å². The van der Waals surface area contributed by atoms with Gasteiger partial charge >= 0.3 is 5.97 Å². The first-order valence-electron chi connectivity index (χ1n) is 7.51. The Morgan fingerprint density at radius 3 is 2.46 bits per heavy atom. The summed E-state index contributed by atoms with van der Waals surface area (Å²) in [5.74, 6) is -1.01. The first kappa shape index (κ1) is 20.0. The summed E-state index contributed by atoms with van der Waals surface area (Å²) in [5.41, 5.74) is 0. The number of carbonyl (C=O) groups is 2. The van der Waals surface area contributed by atoms with Crippen molar-refractivity contribution < 1.29 is 22.7 Å². The van der Waals surface area contributed by atoms with E-state index in [-0.39, 0.29) is 30.6 Å². The molecule has 0 unspecified atom stereocenters. The van der Waals surface area contributed by atoms with Crippen LogP contribution in [0.4, 0.5) is 0 Å². The number of esters is 1. The zero-order valence-electron chi connectivity index (χ0n) is 14.3.